The number of amides is 1. The van der Waals surface area contributed by atoms with Crippen LogP contribution in [0.5, 0.6) is 0 Å². The molecule has 76 valence electrons. The Kier molecular flexibility index (Phi) is 3.69. The van der Waals surface area contributed by atoms with E-state index in [-0.39, 0.29) is 11.8 Å². The second kappa shape index (κ2) is 4.80. The molecule has 0 aromatic heterocycles. The van der Waals surface area contributed by atoms with Crippen molar-refractivity contribution in [2.45, 2.75) is 26.2 Å². The molecule has 0 fully saturated rings. The molecule has 0 saturated carbocycles. The van der Waals surface area contributed by atoms with Gasteiger partial charge in [-0.15, -0.1) is 0 Å². The molecule has 1 rings (SSSR count). The van der Waals surface area contributed by atoms with Crippen molar-refractivity contribution < 1.29 is 4.79 Å². The number of hydrogen-bond donors (Lipinski definition) is 1. The lowest BCUT2D eigenvalue weighted by molar-refractivity contribution is -0.120. The van der Waals surface area contributed by atoms with E-state index in [0.29, 0.717) is 6.42 Å². The minimum atomic E-state index is 0.0979. The van der Waals surface area contributed by atoms with E-state index >= 15 is 0 Å². The van der Waals surface area contributed by atoms with Gasteiger partial charge in [0.05, 0.1) is 0 Å². The van der Waals surface area contributed by atoms with E-state index in [4.69, 9.17) is 0 Å². The number of aryl methyl sites for hydroxylation is 1. The summed E-state index contributed by atoms with van der Waals surface area (Å²) < 4.78 is 0. The molecule has 0 radical (unpaired) electrons. The predicted octanol–water partition coefficient (Wildman–Crippen LogP) is 2.23. The van der Waals surface area contributed by atoms with Crippen LogP contribution in [0.3, 0.4) is 0 Å². The van der Waals surface area contributed by atoms with Crippen LogP contribution < -0.4 is 5.32 Å². The molecule has 1 aromatic carbocycles. The highest BCUT2D eigenvalue weighted by Crippen LogP contribution is 2.21. The highest BCUT2D eigenvalue weighted by Gasteiger charge is 2.11. The summed E-state index contributed by atoms with van der Waals surface area (Å²) in [7, 11) is 1.67. The molecule has 0 aliphatic heterocycles. The summed E-state index contributed by atoms with van der Waals surface area (Å²) in [5.74, 6) is 0.386. The molecule has 1 amide bonds. The van der Waals surface area contributed by atoms with Gasteiger partial charge in [0.1, 0.15) is 0 Å². The zero-order valence-electron chi connectivity index (χ0n) is 9.00. The van der Waals surface area contributed by atoms with E-state index in [9.17, 15) is 4.79 Å². The van der Waals surface area contributed by atoms with Gasteiger partial charge >= 0.3 is 0 Å². The van der Waals surface area contributed by atoms with Gasteiger partial charge in [-0.2, -0.15) is 0 Å². The number of rotatable bonds is 3. The SMILES string of the molecule is CNC(=O)CC(C)c1ccccc1C. The second-order valence-corrected chi connectivity index (χ2v) is 3.63. The molecule has 1 atom stereocenters. The van der Waals surface area contributed by atoms with Crippen LogP contribution in [0.25, 0.3) is 0 Å². The first-order chi connectivity index (χ1) is 6.65. The van der Waals surface area contributed by atoms with Gasteiger partial charge in [-0.3, -0.25) is 4.79 Å². The Bertz CT molecular complexity index is 320. The first-order valence-electron chi connectivity index (χ1n) is 4.91. The second-order valence-electron chi connectivity index (χ2n) is 3.63. The van der Waals surface area contributed by atoms with Crippen LogP contribution in [0, 0.1) is 6.92 Å². The van der Waals surface area contributed by atoms with Crippen LogP contribution in [0.2, 0.25) is 0 Å². The van der Waals surface area contributed by atoms with Crippen LogP contribution in [-0.4, -0.2) is 13.0 Å². The molecule has 0 aliphatic carbocycles. The average Bonchev–Trinajstić information content (AvgIpc) is 2.18. The Morgan fingerprint density at radius 2 is 2.07 bits per heavy atom. The van der Waals surface area contributed by atoms with Gasteiger partial charge in [-0.25, -0.2) is 0 Å². The van der Waals surface area contributed by atoms with Crippen molar-refractivity contribution in [3.8, 4) is 0 Å². The van der Waals surface area contributed by atoms with Gasteiger partial charge in [-0.05, 0) is 24.0 Å². The number of carbonyl (C=O) groups excluding carboxylic acids is 1. The molecule has 0 saturated heterocycles. The van der Waals surface area contributed by atoms with Gasteiger partial charge in [0, 0.05) is 13.5 Å². The van der Waals surface area contributed by atoms with Gasteiger partial charge in [-0.1, -0.05) is 31.2 Å². The molecule has 0 spiro atoms. The fraction of sp³-hybridized carbons (Fsp3) is 0.417. The molecule has 2 heteroatoms. The maximum absolute atomic E-state index is 11.2. The molecule has 14 heavy (non-hydrogen) atoms. The maximum Gasteiger partial charge on any atom is 0.220 e. The zero-order valence-corrected chi connectivity index (χ0v) is 9.00. The third-order valence-electron chi connectivity index (χ3n) is 2.49. The van der Waals surface area contributed by atoms with Crippen LogP contribution >= 0.6 is 0 Å². The van der Waals surface area contributed by atoms with Crippen molar-refractivity contribution in [2.75, 3.05) is 7.05 Å². The zero-order chi connectivity index (χ0) is 10.6. The van der Waals surface area contributed by atoms with Gasteiger partial charge < -0.3 is 5.32 Å². The third kappa shape index (κ3) is 2.59. The van der Waals surface area contributed by atoms with Crippen molar-refractivity contribution in [1.82, 2.24) is 5.32 Å². The molecule has 0 heterocycles. The summed E-state index contributed by atoms with van der Waals surface area (Å²) in [6.45, 7) is 4.16. The van der Waals surface area contributed by atoms with Gasteiger partial charge in [0.15, 0.2) is 0 Å². The molecule has 1 unspecified atom stereocenters. The van der Waals surface area contributed by atoms with E-state index in [2.05, 4.69) is 31.3 Å². The van der Waals surface area contributed by atoms with Crippen molar-refractivity contribution >= 4 is 5.91 Å². The van der Waals surface area contributed by atoms with Crippen molar-refractivity contribution in [3.05, 3.63) is 35.4 Å². The smallest absolute Gasteiger partial charge is 0.220 e. The molecule has 1 N–H and O–H groups in total. The predicted molar refractivity (Wildman–Crippen MR) is 58.3 cm³/mol. The van der Waals surface area contributed by atoms with E-state index in [0.717, 1.165) is 0 Å². The summed E-state index contributed by atoms with van der Waals surface area (Å²) in [4.78, 5) is 11.2. The van der Waals surface area contributed by atoms with Gasteiger partial charge in [0.2, 0.25) is 5.91 Å². The van der Waals surface area contributed by atoms with Crippen LogP contribution in [0.15, 0.2) is 24.3 Å². The Balaban J connectivity index is 2.74. The van der Waals surface area contributed by atoms with E-state index < -0.39 is 0 Å². The Morgan fingerprint density at radius 3 is 2.64 bits per heavy atom. The lowest BCUT2D eigenvalue weighted by Crippen LogP contribution is -2.19. The first kappa shape index (κ1) is 10.8. The highest BCUT2D eigenvalue weighted by molar-refractivity contribution is 5.76. The fourth-order valence-corrected chi connectivity index (χ4v) is 1.63. The lowest BCUT2D eigenvalue weighted by Gasteiger charge is -2.13. The number of nitrogens with one attached hydrogen (secondary N) is 1. The van der Waals surface area contributed by atoms with E-state index in [1.165, 1.54) is 11.1 Å². The maximum atomic E-state index is 11.2. The van der Waals surface area contributed by atoms with Crippen molar-refractivity contribution in [2.24, 2.45) is 0 Å². The standard InChI is InChI=1S/C12H17NO/c1-9-6-4-5-7-11(9)10(2)8-12(14)13-3/h4-7,10H,8H2,1-3H3,(H,13,14). The first-order valence-corrected chi connectivity index (χ1v) is 4.91. The normalized spacial score (nSPS) is 12.2. The van der Waals surface area contributed by atoms with Crippen molar-refractivity contribution in [1.29, 1.82) is 0 Å². The Hall–Kier alpha value is -1.31. The Labute approximate surface area is 85.3 Å². The van der Waals surface area contributed by atoms with Crippen molar-refractivity contribution in [3.63, 3.8) is 0 Å². The monoisotopic (exact) mass is 191 g/mol. The minimum absolute atomic E-state index is 0.0979. The highest BCUT2D eigenvalue weighted by atomic mass is 16.1. The number of hydrogen-bond acceptors (Lipinski definition) is 1. The van der Waals surface area contributed by atoms with E-state index in [1.54, 1.807) is 7.05 Å². The summed E-state index contributed by atoms with van der Waals surface area (Å²) >= 11 is 0. The lowest BCUT2D eigenvalue weighted by atomic mass is 9.93. The Morgan fingerprint density at radius 1 is 1.43 bits per heavy atom. The van der Waals surface area contributed by atoms with Crippen LogP contribution in [0.4, 0.5) is 0 Å². The van der Waals surface area contributed by atoms with E-state index in [1.807, 2.05) is 12.1 Å². The summed E-state index contributed by atoms with van der Waals surface area (Å²) in [5, 5.41) is 2.65. The molecule has 0 aliphatic rings. The number of carbonyl (C=O) groups is 1. The minimum Gasteiger partial charge on any atom is -0.359 e. The topological polar surface area (TPSA) is 29.1 Å². The fourth-order valence-electron chi connectivity index (χ4n) is 1.63. The van der Waals surface area contributed by atoms with Crippen LogP contribution in [0.1, 0.15) is 30.4 Å². The molecule has 0 bridgehead atoms. The molecule has 2 nitrogen and oxygen atoms in total. The largest absolute Gasteiger partial charge is 0.359 e. The summed E-state index contributed by atoms with van der Waals surface area (Å²) in [5.41, 5.74) is 2.51. The summed E-state index contributed by atoms with van der Waals surface area (Å²) in [6, 6.07) is 8.20. The van der Waals surface area contributed by atoms with Gasteiger partial charge in [0.25, 0.3) is 0 Å². The van der Waals surface area contributed by atoms with Crippen LogP contribution in [-0.2, 0) is 4.79 Å². The number of benzene rings is 1. The average molecular weight is 191 g/mol. The molecular weight excluding hydrogens is 174 g/mol. The molecule has 1 aromatic rings. The molecular formula is C12H17NO. The summed E-state index contributed by atoms with van der Waals surface area (Å²) in [6.07, 6.45) is 0.557. The quantitative estimate of drug-likeness (QED) is 0.780. The third-order valence-corrected chi connectivity index (χ3v) is 2.49.